The average Bonchev–Trinajstić information content (AvgIpc) is 3.04. The van der Waals surface area contributed by atoms with Crippen molar-refractivity contribution < 1.29 is 5.11 Å². The molecular formula is C11H15BrN2O. The van der Waals surface area contributed by atoms with Crippen LogP contribution < -0.4 is 5.32 Å². The molecule has 0 aliphatic heterocycles. The molecule has 2 N–H and O–H groups in total. The van der Waals surface area contributed by atoms with Crippen molar-refractivity contribution in [2.45, 2.75) is 25.5 Å². The Morgan fingerprint density at radius 3 is 2.93 bits per heavy atom. The summed E-state index contributed by atoms with van der Waals surface area (Å²) < 4.78 is 0.990. The molecule has 0 amide bonds. The lowest BCUT2D eigenvalue weighted by Crippen LogP contribution is -2.28. The van der Waals surface area contributed by atoms with E-state index in [1.807, 2.05) is 12.1 Å². The van der Waals surface area contributed by atoms with E-state index in [1.165, 1.54) is 12.8 Å². The Labute approximate surface area is 98.0 Å². The first kappa shape index (κ1) is 11.0. The van der Waals surface area contributed by atoms with E-state index in [9.17, 15) is 5.11 Å². The minimum absolute atomic E-state index is 0.180. The van der Waals surface area contributed by atoms with Gasteiger partial charge in [0.25, 0.3) is 0 Å². The SMILES string of the molecule is OC(CNCc1ccc(Br)cn1)C1CC1. The summed E-state index contributed by atoms with van der Waals surface area (Å²) in [5, 5.41) is 12.8. The second-order valence-corrected chi connectivity index (χ2v) is 4.92. The smallest absolute Gasteiger partial charge is 0.0692 e. The van der Waals surface area contributed by atoms with E-state index in [-0.39, 0.29) is 6.10 Å². The number of aliphatic hydroxyl groups is 1. The molecule has 0 aromatic carbocycles. The summed E-state index contributed by atoms with van der Waals surface area (Å²) in [4.78, 5) is 4.24. The van der Waals surface area contributed by atoms with Gasteiger partial charge in [-0.1, -0.05) is 0 Å². The summed E-state index contributed by atoms with van der Waals surface area (Å²) in [5.74, 6) is 0.537. The van der Waals surface area contributed by atoms with E-state index < -0.39 is 0 Å². The van der Waals surface area contributed by atoms with Crippen LogP contribution in [0.2, 0.25) is 0 Å². The second-order valence-electron chi connectivity index (χ2n) is 4.00. The Morgan fingerprint density at radius 1 is 1.53 bits per heavy atom. The third-order valence-electron chi connectivity index (χ3n) is 2.61. The van der Waals surface area contributed by atoms with Crippen molar-refractivity contribution in [2.24, 2.45) is 5.92 Å². The van der Waals surface area contributed by atoms with Gasteiger partial charge in [-0.15, -0.1) is 0 Å². The largest absolute Gasteiger partial charge is 0.392 e. The van der Waals surface area contributed by atoms with Crippen LogP contribution in [-0.4, -0.2) is 22.7 Å². The van der Waals surface area contributed by atoms with Gasteiger partial charge in [0, 0.05) is 23.8 Å². The third-order valence-corrected chi connectivity index (χ3v) is 3.08. The molecule has 1 fully saturated rings. The molecule has 15 heavy (non-hydrogen) atoms. The Hall–Kier alpha value is -0.450. The number of pyridine rings is 1. The van der Waals surface area contributed by atoms with Crippen LogP contribution in [0.4, 0.5) is 0 Å². The monoisotopic (exact) mass is 270 g/mol. The summed E-state index contributed by atoms with van der Waals surface area (Å²) in [6.07, 6.45) is 3.97. The summed E-state index contributed by atoms with van der Waals surface area (Å²) in [6, 6.07) is 3.95. The Morgan fingerprint density at radius 2 is 2.33 bits per heavy atom. The summed E-state index contributed by atoms with van der Waals surface area (Å²) >= 11 is 3.34. The molecule has 0 radical (unpaired) electrons. The molecule has 0 spiro atoms. The molecular weight excluding hydrogens is 256 g/mol. The van der Waals surface area contributed by atoms with Gasteiger partial charge in [-0.25, -0.2) is 0 Å². The third kappa shape index (κ3) is 3.55. The van der Waals surface area contributed by atoms with Crippen LogP contribution in [0.1, 0.15) is 18.5 Å². The Bertz CT molecular complexity index is 311. The van der Waals surface area contributed by atoms with Crippen LogP contribution in [0.25, 0.3) is 0 Å². The number of aliphatic hydroxyl groups excluding tert-OH is 1. The van der Waals surface area contributed by atoms with Gasteiger partial charge in [-0.05, 0) is 46.8 Å². The van der Waals surface area contributed by atoms with Gasteiger partial charge >= 0.3 is 0 Å². The minimum atomic E-state index is -0.180. The number of hydrogen-bond donors (Lipinski definition) is 2. The summed E-state index contributed by atoms with van der Waals surface area (Å²) in [7, 11) is 0. The average molecular weight is 271 g/mol. The van der Waals surface area contributed by atoms with Gasteiger partial charge in [0.05, 0.1) is 11.8 Å². The fourth-order valence-corrected chi connectivity index (χ4v) is 1.74. The highest BCUT2D eigenvalue weighted by Crippen LogP contribution is 2.32. The molecule has 0 bridgehead atoms. The van der Waals surface area contributed by atoms with Crippen molar-refractivity contribution >= 4 is 15.9 Å². The van der Waals surface area contributed by atoms with Crippen molar-refractivity contribution in [1.29, 1.82) is 0 Å². The van der Waals surface area contributed by atoms with Gasteiger partial charge in [0.15, 0.2) is 0 Å². The molecule has 1 saturated carbocycles. The topological polar surface area (TPSA) is 45.1 Å². The number of nitrogens with one attached hydrogen (secondary N) is 1. The summed E-state index contributed by atoms with van der Waals surface area (Å²) in [6.45, 7) is 1.39. The molecule has 1 heterocycles. The number of nitrogens with zero attached hydrogens (tertiary/aromatic N) is 1. The highest BCUT2D eigenvalue weighted by atomic mass is 79.9. The predicted molar refractivity (Wildman–Crippen MR) is 62.4 cm³/mol. The van der Waals surface area contributed by atoms with Crippen molar-refractivity contribution in [2.75, 3.05) is 6.54 Å². The highest BCUT2D eigenvalue weighted by Gasteiger charge is 2.28. The minimum Gasteiger partial charge on any atom is -0.392 e. The van der Waals surface area contributed by atoms with E-state index in [1.54, 1.807) is 6.20 Å². The molecule has 0 saturated heterocycles. The lowest BCUT2D eigenvalue weighted by Gasteiger charge is -2.09. The zero-order chi connectivity index (χ0) is 10.7. The van der Waals surface area contributed by atoms with Gasteiger partial charge in [0.1, 0.15) is 0 Å². The maximum atomic E-state index is 9.62. The number of hydrogen-bond acceptors (Lipinski definition) is 3. The molecule has 1 aliphatic rings. The molecule has 82 valence electrons. The van der Waals surface area contributed by atoms with E-state index >= 15 is 0 Å². The van der Waals surface area contributed by atoms with Gasteiger partial charge in [-0.2, -0.15) is 0 Å². The van der Waals surface area contributed by atoms with Crippen LogP contribution in [0.3, 0.4) is 0 Å². The van der Waals surface area contributed by atoms with Gasteiger partial charge in [0.2, 0.25) is 0 Å². The van der Waals surface area contributed by atoms with Crippen LogP contribution >= 0.6 is 15.9 Å². The van der Waals surface area contributed by atoms with Crippen molar-refractivity contribution in [1.82, 2.24) is 10.3 Å². The van der Waals surface area contributed by atoms with Crippen molar-refractivity contribution in [3.05, 3.63) is 28.5 Å². The number of aromatic nitrogens is 1. The van der Waals surface area contributed by atoms with E-state index in [0.717, 1.165) is 16.7 Å². The standard InChI is InChI=1S/C11H15BrN2O/c12-9-3-4-10(14-5-9)6-13-7-11(15)8-1-2-8/h3-5,8,11,13,15H,1-2,6-7H2. The molecule has 3 nitrogen and oxygen atoms in total. The lowest BCUT2D eigenvalue weighted by atomic mass is 10.2. The Balaban J connectivity index is 1.70. The van der Waals surface area contributed by atoms with Crippen molar-refractivity contribution in [3.63, 3.8) is 0 Å². The van der Waals surface area contributed by atoms with E-state index in [4.69, 9.17) is 0 Å². The quantitative estimate of drug-likeness (QED) is 0.856. The first-order valence-corrected chi connectivity index (χ1v) is 6.04. The van der Waals surface area contributed by atoms with Crippen molar-refractivity contribution in [3.8, 4) is 0 Å². The fourth-order valence-electron chi connectivity index (χ4n) is 1.51. The predicted octanol–water partition coefficient (Wildman–Crippen LogP) is 1.70. The van der Waals surface area contributed by atoms with E-state index in [0.29, 0.717) is 12.5 Å². The first-order valence-electron chi connectivity index (χ1n) is 5.25. The molecule has 1 unspecified atom stereocenters. The fraction of sp³-hybridized carbons (Fsp3) is 0.545. The molecule has 1 aliphatic carbocycles. The highest BCUT2D eigenvalue weighted by molar-refractivity contribution is 9.10. The maximum Gasteiger partial charge on any atom is 0.0692 e. The maximum absolute atomic E-state index is 9.62. The molecule has 4 heteroatoms. The van der Waals surface area contributed by atoms with Crippen LogP contribution in [0, 0.1) is 5.92 Å². The van der Waals surface area contributed by atoms with Gasteiger partial charge in [-0.3, -0.25) is 4.98 Å². The molecule has 1 aromatic heterocycles. The second kappa shape index (κ2) is 5.05. The first-order chi connectivity index (χ1) is 7.25. The van der Waals surface area contributed by atoms with Gasteiger partial charge < -0.3 is 10.4 Å². The zero-order valence-corrected chi connectivity index (χ0v) is 10.1. The Kier molecular flexibility index (Phi) is 3.72. The lowest BCUT2D eigenvalue weighted by molar-refractivity contribution is 0.148. The summed E-state index contributed by atoms with van der Waals surface area (Å²) in [5.41, 5.74) is 1.00. The van der Waals surface area contributed by atoms with E-state index in [2.05, 4.69) is 26.2 Å². The van der Waals surface area contributed by atoms with Crippen LogP contribution in [0.15, 0.2) is 22.8 Å². The molecule has 1 aromatic rings. The van der Waals surface area contributed by atoms with Crippen LogP contribution in [0.5, 0.6) is 0 Å². The molecule has 1 atom stereocenters. The molecule has 2 rings (SSSR count). The number of rotatable bonds is 5. The number of halogens is 1. The zero-order valence-electron chi connectivity index (χ0n) is 8.49. The normalized spacial score (nSPS) is 17.7. The van der Waals surface area contributed by atoms with Crippen LogP contribution in [-0.2, 0) is 6.54 Å².